The molecule has 1 aromatic rings. The Morgan fingerprint density at radius 1 is 1.42 bits per heavy atom. The largest absolute Gasteiger partial charge is 0.497 e. The van der Waals surface area contributed by atoms with Gasteiger partial charge in [-0.05, 0) is 19.1 Å². The minimum absolute atomic E-state index is 0.0228. The van der Waals surface area contributed by atoms with E-state index in [2.05, 4.69) is 0 Å². The molecular formula is C12H15NO6. The Hall–Kier alpha value is -2.15. The number of methoxy groups -OCH3 is 1. The van der Waals surface area contributed by atoms with Gasteiger partial charge < -0.3 is 14.6 Å². The van der Waals surface area contributed by atoms with Gasteiger partial charge in [-0.25, -0.2) is 4.79 Å². The number of carbonyl (C=O) groups is 1. The molecule has 0 radical (unpaired) electrons. The van der Waals surface area contributed by atoms with E-state index in [1.165, 1.54) is 31.4 Å². The van der Waals surface area contributed by atoms with E-state index in [0.29, 0.717) is 5.75 Å². The molecule has 0 saturated carbocycles. The van der Waals surface area contributed by atoms with Crippen LogP contribution in [-0.2, 0) is 15.1 Å². The van der Waals surface area contributed by atoms with Crippen molar-refractivity contribution in [1.82, 2.24) is 0 Å². The molecule has 104 valence electrons. The van der Waals surface area contributed by atoms with Crippen molar-refractivity contribution < 1.29 is 24.3 Å². The zero-order valence-electron chi connectivity index (χ0n) is 10.7. The fraction of sp³-hybridized carbons (Fsp3) is 0.417. The topological polar surface area (TPSA) is 98.9 Å². The Labute approximate surface area is 109 Å². The summed E-state index contributed by atoms with van der Waals surface area (Å²) in [4.78, 5) is 21.6. The van der Waals surface area contributed by atoms with Crippen molar-refractivity contribution in [3.8, 4) is 5.75 Å². The lowest BCUT2D eigenvalue weighted by Gasteiger charge is -2.22. The molecule has 0 aliphatic carbocycles. The molecule has 1 aromatic carbocycles. The van der Waals surface area contributed by atoms with Crippen LogP contribution in [0.3, 0.4) is 0 Å². The zero-order chi connectivity index (χ0) is 14.5. The SMILES string of the molecule is CCOC(=O)[C@@](O)(C[N+](=O)[O-])c1ccc(OC)cc1. The highest BCUT2D eigenvalue weighted by Crippen LogP contribution is 2.25. The Bertz CT molecular complexity index is 458. The monoisotopic (exact) mass is 269 g/mol. The number of hydrogen-bond acceptors (Lipinski definition) is 6. The molecule has 0 heterocycles. The van der Waals surface area contributed by atoms with Gasteiger partial charge >= 0.3 is 5.97 Å². The van der Waals surface area contributed by atoms with Crippen LogP contribution in [0.1, 0.15) is 12.5 Å². The molecule has 0 spiro atoms. The van der Waals surface area contributed by atoms with E-state index in [0.717, 1.165) is 0 Å². The van der Waals surface area contributed by atoms with E-state index < -0.39 is 23.0 Å². The smallest absolute Gasteiger partial charge is 0.349 e. The fourth-order valence-corrected chi connectivity index (χ4v) is 1.58. The summed E-state index contributed by atoms with van der Waals surface area (Å²) in [7, 11) is 1.46. The normalized spacial score (nSPS) is 13.4. The molecule has 0 amide bonds. The quantitative estimate of drug-likeness (QED) is 0.464. The van der Waals surface area contributed by atoms with Gasteiger partial charge in [0.05, 0.1) is 13.7 Å². The predicted molar refractivity (Wildman–Crippen MR) is 65.4 cm³/mol. The van der Waals surface area contributed by atoms with Gasteiger partial charge in [-0.3, -0.25) is 10.1 Å². The number of nitrogens with zero attached hydrogens (tertiary/aromatic N) is 1. The van der Waals surface area contributed by atoms with Crippen LogP contribution < -0.4 is 4.74 Å². The highest BCUT2D eigenvalue weighted by atomic mass is 16.6. The number of carbonyl (C=O) groups excluding carboxylic acids is 1. The first-order chi connectivity index (χ1) is 8.93. The first-order valence-electron chi connectivity index (χ1n) is 5.60. The van der Waals surface area contributed by atoms with Gasteiger partial charge in [-0.1, -0.05) is 12.1 Å². The zero-order valence-corrected chi connectivity index (χ0v) is 10.7. The highest BCUT2D eigenvalue weighted by Gasteiger charge is 2.45. The van der Waals surface area contributed by atoms with Gasteiger partial charge in [0, 0.05) is 10.5 Å². The number of aliphatic hydroxyl groups is 1. The molecule has 7 nitrogen and oxygen atoms in total. The molecular weight excluding hydrogens is 254 g/mol. The molecule has 7 heteroatoms. The summed E-state index contributed by atoms with van der Waals surface area (Å²) >= 11 is 0. The van der Waals surface area contributed by atoms with Crippen LogP contribution >= 0.6 is 0 Å². The summed E-state index contributed by atoms with van der Waals surface area (Å²) in [5.41, 5.74) is -2.21. The van der Waals surface area contributed by atoms with Crippen LogP contribution in [0.4, 0.5) is 0 Å². The third-order valence-electron chi connectivity index (χ3n) is 2.54. The van der Waals surface area contributed by atoms with Crippen molar-refractivity contribution in [3.05, 3.63) is 39.9 Å². The summed E-state index contributed by atoms with van der Waals surface area (Å²) in [6, 6.07) is 5.78. The first kappa shape index (κ1) is 14.9. The van der Waals surface area contributed by atoms with Crippen LogP contribution in [0.2, 0.25) is 0 Å². The maximum absolute atomic E-state index is 11.7. The predicted octanol–water partition coefficient (Wildman–Crippen LogP) is 0.723. The van der Waals surface area contributed by atoms with Crippen LogP contribution in [0.5, 0.6) is 5.75 Å². The van der Waals surface area contributed by atoms with E-state index in [-0.39, 0.29) is 12.2 Å². The van der Waals surface area contributed by atoms with E-state index in [1.54, 1.807) is 6.92 Å². The van der Waals surface area contributed by atoms with Gasteiger partial charge in [-0.2, -0.15) is 0 Å². The van der Waals surface area contributed by atoms with Crippen molar-refractivity contribution >= 4 is 5.97 Å². The Balaban J connectivity index is 3.13. The van der Waals surface area contributed by atoms with Crippen molar-refractivity contribution in [2.45, 2.75) is 12.5 Å². The Morgan fingerprint density at radius 2 is 2.00 bits per heavy atom. The van der Waals surface area contributed by atoms with Crippen molar-refractivity contribution in [2.75, 3.05) is 20.3 Å². The molecule has 0 bridgehead atoms. The van der Waals surface area contributed by atoms with E-state index in [4.69, 9.17) is 9.47 Å². The Kier molecular flexibility index (Phi) is 4.82. The number of hydrogen-bond donors (Lipinski definition) is 1. The average molecular weight is 269 g/mol. The molecule has 0 aliphatic rings. The molecule has 1 N–H and O–H groups in total. The van der Waals surface area contributed by atoms with Gasteiger partial charge in [0.25, 0.3) is 5.60 Å². The number of rotatable bonds is 6. The van der Waals surface area contributed by atoms with E-state index >= 15 is 0 Å². The van der Waals surface area contributed by atoms with Gasteiger partial charge in [0.2, 0.25) is 6.54 Å². The van der Waals surface area contributed by atoms with Crippen LogP contribution in [-0.4, -0.2) is 36.3 Å². The second kappa shape index (κ2) is 6.14. The lowest BCUT2D eigenvalue weighted by Crippen LogP contribution is -2.43. The van der Waals surface area contributed by atoms with Gasteiger partial charge in [0.1, 0.15) is 5.75 Å². The second-order valence-electron chi connectivity index (χ2n) is 3.80. The summed E-state index contributed by atoms with van der Waals surface area (Å²) in [6.07, 6.45) is 0. The number of benzene rings is 1. The maximum atomic E-state index is 11.7. The third kappa shape index (κ3) is 3.41. The van der Waals surface area contributed by atoms with E-state index in [9.17, 15) is 20.0 Å². The lowest BCUT2D eigenvalue weighted by atomic mass is 9.94. The average Bonchev–Trinajstić information content (AvgIpc) is 2.38. The second-order valence-corrected chi connectivity index (χ2v) is 3.80. The molecule has 19 heavy (non-hydrogen) atoms. The molecule has 0 aromatic heterocycles. The van der Waals surface area contributed by atoms with Crippen molar-refractivity contribution in [1.29, 1.82) is 0 Å². The van der Waals surface area contributed by atoms with Crippen molar-refractivity contribution in [2.24, 2.45) is 0 Å². The molecule has 0 saturated heterocycles. The minimum atomic E-state index is -2.30. The Morgan fingerprint density at radius 3 is 2.42 bits per heavy atom. The lowest BCUT2D eigenvalue weighted by molar-refractivity contribution is -0.499. The summed E-state index contributed by atoms with van der Waals surface area (Å²) in [5, 5.41) is 20.9. The van der Waals surface area contributed by atoms with Crippen molar-refractivity contribution in [3.63, 3.8) is 0 Å². The molecule has 0 fully saturated rings. The van der Waals surface area contributed by atoms with Gasteiger partial charge in [0.15, 0.2) is 0 Å². The number of ether oxygens (including phenoxy) is 2. The molecule has 1 rings (SSSR count). The summed E-state index contributed by atoms with van der Waals surface area (Å²) in [6.45, 7) is 0.617. The number of esters is 1. The minimum Gasteiger partial charge on any atom is -0.497 e. The van der Waals surface area contributed by atoms with Crippen LogP contribution in [0.15, 0.2) is 24.3 Å². The number of nitro groups is 1. The summed E-state index contributed by atoms with van der Waals surface area (Å²) in [5.74, 6) is -0.534. The first-order valence-corrected chi connectivity index (χ1v) is 5.60. The molecule has 0 aliphatic heterocycles. The maximum Gasteiger partial charge on any atom is 0.349 e. The van der Waals surface area contributed by atoms with Crippen LogP contribution in [0, 0.1) is 10.1 Å². The standard InChI is InChI=1S/C12H15NO6/c1-3-19-11(14)12(15,8-13(16)17)9-4-6-10(18-2)7-5-9/h4-7,15H,3,8H2,1-2H3/t12-/m1/s1. The van der Waals surface area contributed by atoms with E-state index in [1.807, 2.05) is 0 Å². The fourth-order valence-electron chi connectivity index (χ4n) is 1.58. The van der Waals surface area contributed by atoms with Gasteiger partial charge in [-0.15, -0.1) is 0 Å². The molecule has 0 unspecified atom stereocenters. The third-order valence-corrected chi connectivity index (χ3v) is 2.54. The highest BCUT2D eigenvalue weighted by molar-refractivity contribution is 5.81. The van der Waals surface area contributed by atoms with Crippen LogP contribution in [0.25, 0.3) is 0 Å². The summed E-state index contributed by atoms with van der Waals surface area (Å²) < 4.78 is 9.63. The molecule has 1 atom stereocenters.